The van der Waals surface area contributed by atoms with Crippen LogP contribution in [0.25, 0.3) is 0 Å². The van der Waals surface area contributed by atoms with Crippen LogP contribution in [0.5, 0.6) is 0 Å². The van der Waals surface area contributed by atoms with Crippen molar-refractivity contribution in [1.29, 1.82) is 5.26 Å². The molecule has 0 radical (unpaired) electrons. The first-order valence-electron chi connectivity index (χ1n) is 2.85. The summed E-state index contributed by atoms with van der Waals surface area (Å²) in [5, 5.41) is 9.96. The Morgan fingerprint density at radius 3 is 2.33 bits per heavy atom. The Kier molecular flexibility index (Phi) is 4.51. The van der Waals surface area contributed by atoms with E-state index in [-0.39, 0.29) is 0 Å². The number of nitriles is 1. The van der Waals surface area contributed by atoms with Crippen LogP contribution in [-0.2, 0) is 4.79 Å². The first-order valence-corrected chi connectivity index (χ1v) is 2.85. The third-order valence-electron chi connectivity index (χ3n) is 0.881. The Labute approximate surface area is 54.7 Å². The second-order valence-corrected chi connectivity index (χ2v) is 1.78. The Morgan fingerprint density at radius 1 is 1.78 bits per heavy atom. The molecule has 0 heterocycles. The fraction of sp³-hybridized carbons (Fsp3) is 0.667. The van der Waals surface area contributed by atoms with Crippen LogP contribution in [0.2, 0.25) is 0 Å². The number of nitrogens with zero attached hydrogens (tertiary/aromatic N) is 1. The van der Waals surface area contributed by atoms with E-state index in [1.807, 2.05) is 0 Å². The van der Waals surface area contributed by atoms with Gasteiger partial charge in [-0.2, -0.15) is 5.26 Å². The smallest absolute Gasteiger partial charge is 0.207 e. The van der Waals surface area contributed by atoms with Crippen molar-refractivity contribution >= 4 is 6.41 Å². The van der Waals surface area contributed by atoms with Crippen LogP contribution in [0.15, 0.2) is 0 Å². The predicted molar refractivity (Wildman–Crippen MR) is 33.5 cm³/mol. The monoisotopic (exact) mass is 126 g/mol. The minimum absolute atomic E-state index is 0.530. The first kappa shape index (κ1) is 7.96. The SMILES string of the molecule is CC#N.O=CNC1CC1. The highest BCUT2D eigenvalue weighted by atomic mass is 16.1. The number of carbonyl (C=O) groups is 1. The van der Waals surface area contributed by atoms with Crippen molar-refractivity contribution in [3.05, 3.63) is 0 Å². The van der Waals surface area contributed by atoms with E-state index in [1.54, 1.807) is 6.07 Å². The van der Waals surface area contributed by atoms with Gasteiger partial charge in [-0.3, -0.25) is 4.79 Å². The summed E-state index contributed by atoms with van der Waals surface area (Å²) in [5.74, 6) is 0. The van der Waals surface area contributed by atoms with Gasteiger partial charge in [0.2, 0.25) is 6.41 Å². The molecule has 3 heteroatoms. The second kappa shape index (κ2) is 5.10. The summed E-state index contributed by atoms with van der Waals surface area (Å²) in [6.07, 6.45) is 3.12. The Bertz CT molecular complexity index is 113. The van der Waals surface area contributed by atoms with Gasteiger partial charge in [0, 0.05) is 13.0 Å². The number of carbonyl (C=O) groups excluding carboxylic acids is 1. The number of rotatable bonds is 2. The molecule has 0 bridgehead atoms. The summed E-state index contributed by atoms with van der Waals surface area (Å²) in [5.41, 5.74) is 0. The molecule has 50 valence electrons. The average molecular weight is 126 g/mol. The van der Waals surface area contributed by atoms with E-state index in [0.717, 1.165) is 6.41 Å². The van der Waals surface area contributed by atoms with Crippen molar-refractivity contribution in [3.63, 3.8) is 0 Å². The van der Waals surface area contributed by atoms with Crippen LogP contribution in [0, 0.1) is 11.3 Å². The lowest BCUT2D eigenvalue weighted by Crippen LogP contribution is -2.11. The van der Waals surface area contributed by atoms with Gasteiger partial charge in [-0.15, -0.1) is 0 Å². The standard InChI is InChI=1S/C4H7NO.C2H3N/c6-3-5-4-1-2-4;1-2-3/h3-4H,1-2H2,(H,5,6);1H3. The maximum absolute atomic E-state index is 9.54. The zero-order valence-corrected chi connectivity index (χ0v) is 5.42. The maximum atomic E-state index is 9.54. The Morgan fingerprint density at radius 2 is 2.22 bits per heavy atom. The molecule has 1 saturated carbocycles. The zero-order chi connectivity index (χ0) is 7.11. The molecular weight excluding hydrogens is 116 g/mol. The molecule has 0 aromatic carbocycles. The third kappa shape index (κ3) is 6.96. The second-order valence-electron chi connectivity index (χ2n) is 1.78. The molecule has 0 aliphatic heterocycles. The van der Waals surface area contributed by atoms with Gasteiger partial charge >= 0.3 is 0 Å². The largest absolute Gasteiger partial charge is 0.356 e. The van der Waals surface area contributed by atoms with Gasteiger partial charge in [-0.1, -0.05) is 0 Å². The third-order valence-corrected chi connectivity index (χ3v) is 0.881. The van der Waals surface area contributed by atoms with Gasteiger partial charge in [0.1, 0.15) is 0 Å². The summed E-state index contributed by atoms with van der Waals surface area (Å²) in [4.78, 5) is 9.54. The lowest BCUT2D eigenvalue weighted by molar-refractivity contribution is -0.109. The Hall–Kier alpha value is -1.04. The van der Waals surface area contributed by atoms with E-state index in [9.17, 15) is 4.79 Å². The fourth-order valence-corrected chi connectivity index (χ4v) is 0.346. The highest BCUT2D eigenvalue weighted by Gasteiger charge is 2.18. The molecule has 0 aromatic rings. The van der Waals surface area contributed by atoms with Crippen molar-refractivity contribution in [2.75, 3.05) is 0 Å². The Balaban J connectivity index is 0.000000187. The molecule has 1 amide bonds. The molecule has 1 aliphatic carbocycles. The molecule has 0 saturated heterocycles. The van der Waals surface area contributed by atoms with E-state index in [0.29, 0.717) is 6.04 Å². The minimum Gasteiger partial charge on any atom is -0.356 e. The lowest BCUT2D eigenvalue weighted by atomic mass is 10.7. The number of hydrogen-bond acceptors (Lipinski definition) is 2. The highest BCUT2D eigenvalue weighted by molar-refractivity contribution is 5.47. The number of nitrogens with one attached hydrogen (secondary N) is 1. The molecule has 3 nitrogen and oxygen atoms in total. The van der Waals surface area contributed by atoms with Gasteiger partial charge in [0.05, 0.1) is 6.07 Å². The maximum Gasteiger partial charge on any atom is 0.207 e. The lowest BCUT2D eigenvalue weighted by Gasteiger charge is -1.82. The molecule has 1 aliphatic rings. The van der Waals surface area contributed by atoms with Crippen LogP contribution in [0.4, 0.5) is 0 Å². The topological polar surface area (TPSA) is 52.9 Å². The van der Waals surface area contributed by atoms with Gasteiger partial charge in [0.15, 0.2) is 0 Å². The zero-order valence-electron chi connectivity index (χ0n) is 5.42. The molecule has 0 spiro atoms. The first-order chi connectivity index (χ1) is 4.35. The predicted octanol–water partition coefficient (Wildman–Crippen LogP) is 0.425. The summed E-state index contributed by atoms with van der Waals surface area (Å²) in [7, 11) is 0. The quantitative estimate of drug-likeness (QED) is 0.545. The number of hydrogen-bond donors (Lipinski definition) is 1. The van der Waals surface area contributed by atoms with Crippen LogP contribution >= 0.6 is 0 Å². The average Bonchev–Trinajstić information content (AvgIpc) is 2.53. The van der Waals surface area contributed by atoms with E-state index in [2.05, 4.69) is 5.32 Å². The van der Waals surface area contributed by atoms with Crippen molar-refractivity contribution in [1.82, 2.24) is 5.32 Å². The van der Waals surface area contributed by atoms with Gasteiger partial charge in [-0.05, 0) is 12.8 Å². The molecule has 9 heavy (non-hydrogen) atoms. The van der Waals surface area contributed by atoms with Crippen molar-refractivity contribution in [2.24, 2.45) is 0 Å². The van der Waals surface area contributed by atoms with Crippen LogP contribution in [-0.4, -0.2) is 12.5 Å². The van der Waals surface area contributed by atoms with E-state index >= 15 is 0 Å². The molecular formula is C6H10N2O. The van der Waals surface area contributed by atoms with Crippen molar-refractivity contribution in [3.8, 4) is 6.07 Å². The van der Waals surface area contributed by atoms with Crippen molar-refractivity contribution in [2.45, 2.75) is 25.8 Å². The van der Waals surface area contributed by atoms with E-state index < -0.39 is 0 Å². The van der Waals surface area contributed by atoms with Crippen LogP contribution < -0.4 is 5.32 Å². The van der Waals surface area contributed by atoms with Gasteiger partial charge < -0.3 is 5.32 Å². The summed E-state index contributed by atoms with van der Waals surface area (Å²) in [6.45, 7) is 1.43. The fourth-order valence-electron chi connectivity index (χ4n) is 0.346. The summed E-state index contributed by atoms with van der Waals surface area (Å²) < 4.78 is 0. The number of amides is 1. The minimum atomic E-state index is 0.530. The molecule has 0 unspecified atom stereocenters. The van der Waals surface area contributed by atoms with Crippen LogP contribution in [0.3, 0.4) is 0 Å². The van der Waals surface area contributed by atoms with Crippen LogP contribution in [0.1, 0.15) is 19.8 Å². The molecule has 1 rings (SSSR count). The molecule has 1 N–H and O–H groups in total. The molecule has 1 fully saturated rings. The summed E-state index contributed by atoms with van der Waals surface area (Å²) in [6, 6.07) is 2.28. The highest BCUT2D eigenvalue weighted by Crippen LogP contribution is 2.17. The normalized spacial score (nSPS) is 14.2. The summed E-state index contributed by atoms with van der Waals surface area (Å²) >= 11 is 0. The van der Waals surface area contributed by atoms with E-state index in [1.165, 1.54) is 19.8 Å². The van der Waals surface area contributed by atoms with Gasteiger partial charge in [-0.25, -0.2) is 0 Å². The van der Waals surface area contributed by atoms with Gasteiger partial charge in [0.25, 0.3) is 0 Å². The molecule has 0 aromatic heterocycles. The van der Waals surface area contributed by atoms with Crippen molar-refractivity contribution < 1.29 is 4.79 Å². The molecule has 0 atom stereocenters. The van der Waals surface area contributed by atoms with E-state index in [4.69, 9.17) is 5.26 Å².